The lowest BCUT2D eigenvalue weighted by Gasteiger charge is -2.15. The largest absolute Gasteiger partial charge is 0.480 e. The van der Waals surface area contributed by atoms with Crippen LogP contribution in [0.5, 0.6) is 11.5 Å². The fourth-order valence-corrected chi connectivity index (χ4v) is 2.25. The fraction of sp³-hybridized carbons (Fsp3) is 0.300. The standard InChI is InChI=1S/C20H23NO5/c1-2-3-13-25-20(24)21-18(19(22)23)14-15-9-11-17(12-10-15)26-16-7-5-4-6-8-16/h4-12,18H,2-3,13-14H2,1H3,(H,21,24)(H,22,23)/t18-/m0/s1. The summed E-state index contributed by atoms with van der Waals surface area (Å²) in [6.07, 6.45) is 1.08. The summed E-state index contributed by atoms with van der Waals surface area (Å²) in [4.78, 5) is 23.0. The first-order valence-electron chi connectivity index (χ1n) is 8.56. The number of carbonyl (C=O) groups is 2. The number of alkyl carbamates (subject to hydrolysis) is 1. The van der Waals surface area contributed by atoms with E-state index in [9.17, 15) is 14.7 Å². The average Bonchev–Trinajstić information content (AvgIpc) is 2.64. The Morgan fingerprint density at radius 1 is 1.04 bits per heavy atom. The number of hydrogen-bond acceptors (Lipinski definition) is 4. The highest BCUT2D eigenvalue weighted by Crippen LogP contribution is 2.21. The van der Waals surface area contributed by atoms with Gasteiger partial charge < -0.3 is 19.9 Å². The zero-order chi connectivity index (χ0) is 18.8. The lowest BCUT2D eigenvalue weighted by molar-refractivity contribution is -0.139. The molecule has 0 spiro atoms. The molecule has 1 amide bonds. The number of nitrogens with one attached hydrogen (secondary N) is 1. The summed E-state index contributed by atoms with van der Waals surface area (Å²) in [5.41, 5.74) is 0.770. The topological polar surface area (TPSA) is 84.9 Å². The molecule has 0 radical (unpaired) electrons. The van der Waals surface area contributed by atoms with Gasteiger partial charge in [0.05, 0.1) is 6.61 Å². The highest BCUT2D eigenvalue weighted by Gasteiger charge is 2.21. The third kappa shape index (κ3) is 6.47. The maximum atomic E-state index is 11.7. The molecule has 0 heterocycles. The Kier molecular flexibility index (Phi) is 7.49. The summed E-state index contributed by atoms with van der Waals surface area (Å²) in [6.45, 7) is 2.26. The summed E-state index contributed by atoms with van der Waals surface area (Å²) in [7, 11) is 0. The highest BCUT2D eigenvalue weighted by molar-refractivity contribution is 5.80. The van der Waals surface area contributed by atoms with Crippen LogP contribution in [0, 0.1) is 0 Å². The molecule has 6 nitrogen and oxygen atoms in total. The summed E-state index contributed by atoms with van der Waals surface area (Å²) in [5.74, 6) is 0.265. The van der Waals surface area contributed by atoms with Gasteiger partial charge in [0.1, 0.15) is 17.5 Å². The number of benzene rings is 2. The van der Waals surface area contributed by atoms with Crippen LogP contribution in [0.1, 0.15) is 25.3 Å². The first kappa shape index (κ1) is 19.3. The Morgan fingerprint density at radius 2 is 1.69 bits per heavy atom. The molecule has 0 saturated carbocycles. The molecule has 0 aromatic heterocycles. The molecule has 0 aliphatic carbocycles. The number of aliphatic carboxylic acids is 1. The number of carbonyl (C=O) groups excluding carboxylic acids is 1. The normalized spacial score (nSPS) is 11.4. The second-order valence-corrected chi connectivity index (χ2v) is 5.79. The summed E-state index contributed by atoms with van der Waals surface area (Å²) < 4.78 is 10.7. The molecular formula is C20H23NO5. The van der Waals surface area contributed by atoms with Gasteiger partial charge in [-0.1, -0.05) is 43.7 Å². The van der Waals surface area contributed by atoms with Gasteiger partial charge in [0.25, 0.3) is 0 Å². The van der Waals surface area contributed by atoms with Crippen molar-refractivity contribution in [3.63, 3.8) is 0 Å². The summed E-state index contributed by atoms with van der Waals surface area (Å²) in [6, 6.07) is 15.4. The minimum Gasteiger partial charge on any atom is -0.480 e. The molecule has 0 fully saturated rings. The monoisotopic (exact) mass is 357 g/mol. The van der Waals surface area contributed by atoms with E-state index in [-0.39, 0.29) is 13.0 Å². The molecular weight excluding hydrogens is 334 g/mol. The molecule has 26 heavy (non-hydrogen) atoms. The Morgan fingerprint density at radius 3 is 2.31 bits per heavy atom. The maximum Gasteiger partial charge on any atom is 0.407 e. The lowest BCUT2D eigenvalue weighted by Crippen LogP contribution is -2.42. The van der Waals surface area contributed by atoms with Crippen molar-refractivity contribution < 1.29 is 24.2 Å². The summed E-state index contributed by atoms with van der Waals surface area (Å²) >= 11 is 0. The predicted molar refractivity (Wildman–Crippen MR) is 97.5 cm³/mol. The van der Waals surface area contributed by atoms with Crippen molar-refractivity contribution in [1.29, 1.82) is 0 Å². The van der Waals surface area contributed by atoms with Gasteiger partial charge in [-0.25, -0.2) is 9.59 Å². The molecule has 2 rings (SSSR count). The van der Waals surface area contributed by atoms with Crippen molar-refractivity contribution in [2.75, 3.05) is 6.61 Å². The van der Waals surface area contributed by atoms with Crippen molar-refractivity contribution in [3.05, 3.63) is 60.2 Å². The Bertz CT molecular complexity index is 700. The Hall–Kier alpha value is -3.02. The van der Waals surface area contributed by atoms with E-state index in [0.717, 1.165) is 24.2 Å². The van der Waals surface area contributed by atoms with Crippen LogP contribution >= 0.6 is 0 Å². The average molecular weight is 357 g/mol. The van der Waals surface area contributed by atoms with Crippen LogP contribution in [-0.4, -0.2) is 29.8 Å². The van der Waals surface area contributed by atoms with Crippen LogP contribution in [0.15, 0.2) is 54.6 Å². The Labute approximate surface area is 152 Å². The summed E-state index contributed by atoms with van der Waals surface area (Å²) in [5, 5.41) is 11.7. The molecule has 2 aromatic rings. The fourth-order valence-electron chi connectivity index (χ4n) is 2.25. The molecule has 0 bridgehead atoms. The molecule has 0 saturated heterocycles. The highest BCUT2D eigenvalue weighted by atomic mass is 16.5. The van der Waals surface area contributed by atoms with Crippen LogP contribution in [0.2, 0.25) is 0 Å². The molecule has 0 aliphatic rings. The zero-order valence-electron chi connectivity index (χ0n) is 14.7. The minimum atomic E-state index is -1.11. The van der Waals surface area contributed by atoms with Crippen LogP contribution in [0.3, 0.4) is 0 Å². The van der Waals surface area contributed by atoms with Gasteiger partial charge in [-0.2, -0.15) is 0 Å². The molecule has 1 atom stereocenters. The van der Waals surface area contributed by atoms with Gasteiger partial charge in [-0.15, -0.1) is 0 Å². The van der Waals surface area contributed by atoms with Crippen LogP contribution < -0.4 is 10.1 Å². The number of amides is 1. The SMILES string of the molecule is CCCCOC(=O)N[C@@H](Cc1ccc(Oc2ccccc2)cc1)C(=O)O. The van der Waals surface area contributed by atoms with Gasteiger partial charge in [0.15, 0.2) is 0 Å². The maximum absolute atomic E-state index is 11.7. The van der Waals surface area contributed by atoms with Gasteiger partial charge in [-0.3, -0.25) is 0 Å². The Balaban J connectivity index is 1.91. The minimum absolute atomic E-state index is 0.157. The van der Waals surface area contributed by atoms with E-state index in [1.54, 1.807) is 24.3 Å². The van der Waals surface area contributed by atoms with E-state index in [1.807, 2.05) is 37.3 Å². The van der Waals surface area contributed by atoms with Gasteiger partial charge in [0, 0.05) is 6.42 Å². The second kappa shape index (κ2) is 10.1. The van der Waals surface area contributed by atoms with Crippen LogP contribution in [0.25, 0.3) is 0 Å². The second-order valence-electron chi connectivity index (χ2n) is 5.79. The quantitative estimate of drug-likeness (QED) is 0.663. The van der Waals surface area contributed by atoms with E-state index in [0.29, 0.717) is 5.75 Å². The number of ether oxygens (including phenoxy) is 2. The zero-order valence-corrected chi connectivity index (χ0v) is 14.7. The number of carboxylic acid groups (broad SMARTS) is 1. The van der Waals surface area contributed by atoms with E-state index in [4.69, 9.17) is 9.47 Å². The third-order valence-electron chi connectivity index (χ3n) is 3.66. The van der Waals surface area contributed by atoms with Crippen molar-refractivity contribution in [1.82, 2.24) is 5.32 Å². The first-order chi connectivity index (χ1) is 12.6. The van der Waals surface area contributed by atoms with Crippen molar-refractivity contribution >= 4 is 12.1 Å². The van der Waals surface area contributed by atoms with E-state index >= 15 is 0 Å². The molecule has 2 aromatic carbocycles. The molecule has 6 heteroatoms. The number of para-hydroxylation sites is 1. The first-order valence-corrected chi connectivity index (χ1v) is 8.56. The number of carboxylic acids is 1. The molecule has 0 unspecified atom stereocenters. The van der Waals surface area contributed by atoms with Crippen molar-refractivity contribution in [3.8, 4) is 11.5 Å². The number of rotatable bonds is 9. The van der Waals surface area contributed by atoms with Crippen molar-refractivity contribution in [2.45, 2.75) is 32.2 Å². The van der Waals surface area contributed by atoms with E-state index in [1.165, 1.54) is 0 Å². The molecule has 138 valence electrons. The smallest absolute Gasteiger partial charge is 0.407 e. The third-order valence-corrected chi connectivity index (χ3v) is 3.66. The molecule has 0 aliphatic heterocycles. The predicted octanol–water partition coefficient (Wildman–Crippen LogP) is 4.00. The van der Waals surface area contributed by atoms with E-state index in [2.05, 4.69) is 5.32 Å². The van der Waals surface area contributed by atoms with E-state index < -0.39 is 18.1 Å². The van der Waals surface area contributed by atoms with Gasteiger partial charge in [0.2, 0.25) is 0 Å². The van der Waals surface area contributed by atoms with Crippen LogP contribution in [0.4, 0.5) is 4.79 Å². The lowest BCUT2D eigenvalue weighted by atomic mass is 10.1. The number of hydrogen-bond donors (Lipinski definition) is 2. The van der Waals surface area contributed by atoms with Gasteiger partial charge >= 0.3 is 12.1 Å². The number of unbranched alkanes of at least 4 members (excludes halogenated alkanes) is 1. The van der Waals surface area contributed by atoms with Crippen LogP contribution in [-0.2, 0) is 16.0 Å². The van der Waals surface area contributed by atoms with Gasteiger partial charge in [-0.05, 0) is 36.2 Å². The van der Waals surface area contributed by atoms with Crippen molar-refractivity contribution in [2.24, 2.45) is 0 Å². The molecule has 2 N–H and O–H groups in total.